The van der Waals surface area contributed by atoms with Crippen LogP contribution in [0.25, 0.3) is 0 Å². The minimum atomic E-state index is -1.11. The maximum Gasteiger partial charge on any atom is 0.274 e. The molecule has 1 atom stereocenters. The maximum absolute atomic E-state index is 11.2. The van der Waals surface area contributed by atoms with Gasteiger partial charge in [0.1, 0.15) is 5.38 Å². The summed E-state index contributed by atoms with van der Waals surface area (Å²) in [6.07, 6.45) is 0. The molecule has 0 spiro atoms. The van der Waals surface area contributed by atoms with E-state index in [-0.39, 0.29) is 11.3 Å². The second kappa shape index (κ2) is 5.05. The average Bonchev–Trinajstić information content (AvgIpc) is 2.26. The summed E-state index contributed by atoms with van der Waals surface area (Å²) in [5.41, 5.74) is 0.121. The van der Waals surface area contributed by atoms with Crippen molar-refractivity contribution >= 4 is 23.1 Å². The number of aliphatic hydroxyl groups excluding tert-OH is 1. The molecule has 86 valence electrons. The Hall–Kier alpha value is -1.46. The fourth-order valence-electron chi connectivity index (χ4n) is 1.39. The summed E-state index contributed by atoms with van der Waals surface area (Å²) in [7, 11) is 0. The fourth-order valence-corrected chi connectivity index (χ4v) is 1.64. The number of aliphatic hydroxyl groups is 1. The number of rotatable bonds is 4. The van der Waals surface area contributed by atoms with Crippen LogP contribution < -0.4 is 0 Å². The number of halogens is 1. The quantitative estimate of drug-likeness (QED) is 0.498. The summed E-state index contributed by atoms with van der Waals surface area (Å²) >= 11 is 5.81. The van der Waals surface area contributed by atoms with Gasteiger partial charge in [-0.1, -0.05) is 12.1 Å². The third-order valence-corrected chi connectivity index (χ3v) is 2.68. The first-order chi connectivity index (χ1) is 7.49. The van der Waals surface area contributed by atoms with Crippen LogP contribution in [0.2, 0.25) is 0 Å². The van der Waals surface area contributed by atoms with Crippen molar-refractivity contribution in [3.05, 3.63) is 39.4 Å². The standard InChI is InChI=1S/C10H10ClNO4/c1-6(14)10(11)9-7(5-13)3-2-4-8(9)12(15)16/h2-4,10,13H,5H2,1H3. The van der Waals surface area contributed by atoms with Crippen molar-refractivity contribution in [2.24, 2.45) is 0 Å². The Labute approximate surface area is 96.8 Å². The number of carbonyl (C=O) groups is 1. The van der Waals surface area contributed by atoms with Crippen molar-refractivity contribution < 1.29 is 14.8 Å². The van der Waals surface area contributed by atoms with Crippen LogP contribution in [-0.2, 0) is 11.4 Å². The SMILES string of the molecule is CC(=O)C(Cl)c1c(CO)cccc1[N+](=O)[O-]. The van der Waals surface area contributed by atoms with Gasteiger partial charge in [0.2, 0.25) is 0 Å². The molecule has 6 heteroatoms. The van der Waals surface area contributed by atoms with E-state index >= 15 is 0 Å². The van der Waals surface area contributed by atoms with E-state index in [9.17, 15) is 14.9 Å². The lowest BCUT2D eigenvalue weighted by Crippen LogP contribution is -2.08. The van der Waals surface area contributed by atoms with Gasteiger partial charge in [0.15, 0.2) is 5.78 Å². The molecule has 5 nitrogen and oxygen atoms in total. The molecule has 0 fully saturated rings. The van der Waals surface area contributed by atoms with Gasteiger partial charge in [-0.15, -0.1) is 11.6 Å². The summed E-state index contributed by atoms with van der Waals surface area (Å²) < 4.78 is 0. The third kappa shape index (κ3) is 2.37. The van der Waals surface area contributed by atoms with Crippen LogP contribution in [0.3, 0.4) is 0 Å². The topological polar surface area (TPSA) is 80.4 Å². The van der Waals surface area contributed by atoms with E-state index in [1.807, 2.05) is 0 Å². The Kier molecular flexibility index (Phi) is 3.98. The van der Waals surface area contributed by atoms with Gasteiger partial charge in [-0.05, 0) is 12.5 Å². The number of ketones is 1. The predicted octanol–water partition coefficient (Wildman–Crippen LogP) is 1.96. The molecule has 0 amide bonds. The molecule has 0 saturated carbocycles. The first-order valence-corrected chi connectivity index (χ1v) is 4.94. The lowest BCUT2D eigenvalue weighted by molar-refractivity contribution is -0.385. The molecule has 1 N–H and O–H groups in total. The largest absolute Gasteiger partial charge is 0.392 e. The van der Waals surface area contributed by atoms with Crippen LogP contribution in [0.4, 0.5) is 5.69 Å². The average molecular weight is 244 g/mol. The zero-order valence-electron chi connectivity index (χ0n) is 8.51. The smallest absolute Gasteiger partial charge is 0.274 e. The molecule has 0 radical (unpaired) electrons. The summed E-state index contributed by atoms with van der Waals surface area (Å²) in [4.78, 5) is 21.3. The van der Waals surface area contributed by atoms with Gasteiger partial charge in [-0.25, -0.2) is 0 Å². The van der Waals surface area contributed by atoms with E-state index in [1.54, 1.807) is 0 Å². The molecular formula is C10H10ClNO4. The van der Waals surface area contributed by atoms with Gasteiger partial charge in [0.05, 0.1) is 17.1 Å². The second-order valence-corrected chi connectivity index (χ2v) is 3.67. The van der Waals surface area contributed by atoms with Crippen molar-refractivity contribution in [2.75, 3.05) is 0 Å². The Balaban J connectivity index is 3.41. The molecule has 1 aromatic carbocycles. The first-order valence-electron chi connectivity index (χ1n) is 4.50. The fraction of sp³-hybridized carbons (Fsp3) is 0.300. The van der Waals surface area contributed by atoms with Gasteiger partial charge in [-0.3, -0.25) is 14.9 Å². The van der Waals surface area contributed by atoms with E-state index in [4.69, 9.17) is 16.7 Å². The Morgan fingerprint density at radius 2 is 2.25 bits per heavy atom. The van der Waals surface area contributed by atoms with Crippen molar-refractivity contribution in [3.8, 4) is 0 Å². The number of nitro benzene ring substituents is 1. The highest BCUT2D eigenvalue weighted by Gasteiger charge is 2.26. The number of carbonyl (C=O) groups excluding carboxylic acids is 1. The summed E-state index contributed by atoms with van der Waals surface area (Å²) in [5, 5.41) is 18.7. The lowest BCUT2D eigenvalue weighted by Gasteiger charge is -2.11. The first kappa shape index (κ1) is 12.6. The summed E-state index contributed by atoms with van der Waals surface area (Å²) in [6, 6.07) is 4.20. The number of hydrogen-bond acceptors (Lipinski definition) is 4. The Morgan fingerprint density at radius 1 is 1.62 bits per heavy atom. The van der Waals surface area contributed by atoms with Crippen molar-refractivity contribution in [1.82, 2.24) is 0 Å². The monoisotopic (exact) mass is 243 g/mol. The summed E-state index contributed by atoms with van der Waals surface area (Å²) in [5.74, 6) is -0.398. The van der Waals surface area contributed by atoms with E-state index in [2.05, 4.69) is 0 Å². The van der Waals surface area contributed by atoms with Crippen molar-refractivity contribution in [2.45, 2.75) is 18.9 Å². The molecule has 1 unspecified atom stereocenters. The van der Waals surface area contributed by atoms with Gasteiger partial charge in [-0.2, -0.15) is 0 Å². The third-order valence-electron chi connectivity index (χ3n) is 2.15. The second-order valence-electron chi connectivity index (χ2n) is 3.24. The number of alkyl halides is 1. The zero-order chi connectivity index (χ0) is 12.3. The van der Waals surface area contributed by atoms with Gasteiger partial charge in [0.25, 0.3) is 5.69 Å². The number of benzene rings is 1. The number of Topliss-reactive ketones (excluding diaryl/α,β-unsaturated/α-hetero) is 1. The summed E-state index contributed by atoms with van der Waals surface area (Å²) in [6.45, 7) is 0.850. The maximum atomic E-state index is 11.2. The van der Waals surface area contributed by atoms with Crippen LogP contribution in [0.5, 0.6) is 0 Å². The molecule has 0 saturated heterocycles. The highest BCUT2D eigenvalue weighted by atomic mass is 35.5. The van der Waals surface area contributed by atoms with Crippen molar-refractivity contribution in [1.29, 1.82) is 0 Å². The molecule has 0 aliphatic rings. The van der Waals surface area contributed by atoms with E-state index < -0.39 is 22.7 Å². The molecule has 0 bridgehead atoms. The molecule has 0 aliphatic carbocycles. The van der Waals surface area contributed by atoms with Gasteiger partial charge < -0.3 is 5.11 Å². The molecule has 1 rings (SSSR count). The minimum absolute atomic E-state index is 0.0733. The van der Waals surface area contributed by atoms with E-state index in [0.29, 0.717) is 5.56 Å². The normalized spacial score (nSPS) is 12.2. The van der Waals surface area contributed by atoms with Crippen LogP contribution >= 0.6 is 11.6 Å². The Bertz CT molecular complexity index is 433. The van der Waals surface area contributed by atoms with Crippen LogP contribution in [0.1, 0.15) is 23.4 Å². The number of nitrogens with zero attached hydrogens (tertiary/aromatic N) is 1. The minimum Gasteiger partial charge on any atom is -0.392 e. The van der Waals surface area contributed by atoms with E-state index in [1.165, 1.54) is 25.1 Å². The molecule has 16 heavy (non-hydrogen) atoms. The lowest BCUT2D eigenvalue weighted by atomic mass is 10.0. The zero-order valence-corrected chi connectivity index (χ0v) is 9.27. The van der Waals surface area contributed by atoms with Crippen LogP contribution in [-0.4, -0.2) is 15.8 Å². The van der Waals surface area contributed by atoms with Gasteiger partial charge in [0, 0.05) is 6.07 Å². The number of nitro groups is 1. The molecule has 0 aromatic heterocycles. The van der Waals surface area contributed by atoms with E-state index in [0.717, 1.165) is 0 Å². The molecular weight excluding hydrogens is 234 g/mol. The molecule has 1 aromatic rings. The van der Waals surface area contributed by atoms with Gasteiger partial charge >= 0.3 is 0 Å². The number of hydrogen-bond donors (Lipinski definition) is 1. The molecule has 0 heterocycles. The predicted molar refractivity (Wildman–Crippen MR) is 58.3 cm³/mol. The highest BCUT2D eigenvalue weighted by molar-refractivity contribution is 6.31. The van der Waals surface area contributed by atoms with Crippen molar-refractivity contribution in [3.63, 3.8) is 0 Å². The molecule has 0 aliphatic heterocycles. The highest BCUT2D eigenvalue weighted by Crippen LogP contribution is 2.33. The van der Waals surface area contributed by atoms with Crippen LogP contribution in [0, 0.1) is 10.1 Å². The van der Waals surface area contributed by atoms with Crippen LogP contribution in [0.15, 0.2) is 18.2 Å². The Morgan fingerprint density at radius 3 is 2.69 bits per heavy atom.